The maximum atomic E-state index is 5.97. The van der Waals surface area contributed by atoms with E-state index in [1.54, 1.807) is 6.20 Å². The molecule has 2 rings (SSSR count). The lowest BCUT2D eigenvalue weighted by Crippen LogP contribution is -2.23. The van der Waals surface area contributed by atoms with Crippen LogP contribution in [0.5, 0.6) is 5.75 Å². The van der Waals surface area contributed by atoms with Gasteiger partial charge in [-0.3, -0.25) is 0 Å². The highest BCUT2D eigenvalue weighted by Gasteiger charge is 2.19. The van der Waals surface area contributed by atoms with Crippen LogP contribution in [0.25, 0.3) is 0 Å². The predicted molar refractivity (Wildman–Crippen MR) is 65.8 cm³/mol. The Morgan fingerprint density at radius 2 is 2.06 bits per heavy atom. The van der Waals surface area contributed by atoms with Gasteiger partial charge in [-0.2, -0.15) is 0 Å². The molecule has 0 spiro atoms. The van der Waals surface area contributed by atoms with Crippen LogP contribution in [-0.2, 0) is 0 Å². The molecule has 16 heavy (non-hydrogen) atoms. The molecule has 0 aromatic carbocycles. The van der Waals surface area contributed by atoms with E-state index < -0.39 is 0 Å². The molecule has 1 saturated carbocycles. The van der Waals surface area contributed by atoms with E-state index in [9.17, 15) is 0 Å². The van der Waals surface area contributed by atoms with Crippen molar-refractivity contribution in [3.8, 4) is 5.75 Å². The van der Waals surface area contributed by atoms with Gasteiger partial charge in [-0.15, -0.1) is 0 Å². The average molecular weight is 220 g/mol. The minimum Gasteiger partial charge on any atom is -0.490 e. The van der Waals surface area contributed by atoms with Gasteiger partial charge >= 0.3 is 0 Å². The standard InChI is InChI=1S/C13H20N2O/c1-10-3-5-11(6-4-10)16-12-7-8-15-13(9-12)14-2/h7-11H,3-6H2,1-2H3,(H,14,15). The van der Waals surface area contributed by atoms with E-state index in [1.807, 2.05) is 19.2 Å². The number of aromatic nitrogens is 1. The zero-order chi connectivity index (χ0) is 11.4. The fraction of sp³-hybridized carbons (Fsp3) is 0.615. The lowest BCUT2D eigenvalue weighted by atomic mass is 9.89. The Morgan fingerprint density at radius 1 is 1.31 bits per heavy atom. The number of anilines is 1. The van der Waals surface area contributed by atoms with Crippen molar-refractivity contribution in [2.45, 2.75) is 38.7 Å². The number of rotatable bonds is 3. The van der Waals surface area contributed by atoms with Crippen molar-refractivity contribution >= 4 is 5.82 Å². The molecule has 0 radical (unpaired) electrons. The summed E-state index contributed by atoms with van der Waals surface area (Å²) in [7, 11) is 1.87. The Labute approximate surface area is 97.2 Å². The van der Waals surface area contributed by atoms with Gasteiger partial charge in [0.2, 0.25) is 0 Å². The first-order chi connectivity index (χ1) is 7.78. The van der Waals surface area contributed by atoms with E-state index >= 15 is 0 Å². The summed E-state index contributed by atoms with van der Waals surface area (Å²) in [5.41, 5.74) is 0. The van der Waals surface area contributed by atoms with Gasteiger partial charge in [0.1, 0.15) is 11.6 Å². The monoisotopic (exact) mass is 220 g/mol. The van der Waals surface area contributed by atoms with Gasteiger partial charge in [0.05, 0.1) is 6.10 Å². The first-order valence-corrected chi connectivity index (χ1v) is 6.08. The molecule has 1 aliphatic rings. The van der Waals surface area contributed by atoms with Crippen LogP contribution in [0.2, 0.25) is 0 Å². The molecule has 3 heteroatoms. The SMILES string of the molecule is CNc1cc(OC2CCC(C)CC2)ccn1. The highest BCUT2D eigenvalue weighted by atomic mass is 16.5. The fourth-order valence-electron chi connectivity index (χ4n) is 2.16. The number of hydrogen-bond acceptors (Lipinski definition) is 3. The lowest BCUT2D eigenvalue weighted by Gasteiger charge is -2.26. The number of pyridine rings is 1. The van der Waals surface area contributed by atoms with Crippen molar-refractivity contribution < 1.29 is 4.74 Å². The maximum absolute atomic E-state index is 5.97. The van der Waals surface area contributed by atoms with E-state index in [0.717, 1.165) is 17.5 Å². The summed E-state index contributed by atoms with van der Waals surface area (Å²) >= 11 is 0. The minimum absolute atomic E-state index is 0.392. The Morgan fingerprint density at radius 3 is 2.75 bits per heavy atom. The Hall–Kier alpha value is -1.25. The molecule has 88 valence electrons. The van der Waals surface area contributed by atoms with Crippen LogP contribution in [0.3, 0.4) is 0 Å². The van der Waals surface area contributed by atoms with Gasteiger partial charge in [-0.05, 0) is 37.7 Å². The van der Waals surface area contributed by atoms with Gasteiger partial charge in [0, 0.05) is 19.3 Å². The van der Waals surface area contributed by atoms with Gasteiger partial charge < -0.3 is 10.1 Å². The molecular formula is C13H20N2O. The van der Waals surface area contributed by atoms with E-state index in [4.69, 9.17) is 4.74 Å². The van der Waals surface area contributed by atoms with Crippen LogP contribution >= 0.6 is 0 Å². The first kappa shape index (κ1) is 11.2. The van der Waals surface area contributed by atoms with Gasteiger partial charge in [0.15, 0.2) is 0 Å². The molecule has 1 N–H and O–H groups in total. The Bertz CT molecular complexity index is 332. The van der Waals surface area contributed by atoms with E-state index in [1.165, 1.54) is 25.7 Å². The van der Waals surface area contributed by atoms with Crippen LogP contribution in [0, 0.1) is 5.92 Å². The normalized spacial score (nSPS) is 25.1. The Balaban J connectivity index is 1.93. The molecule has 0 aliphatic heterocycles. The predicted octanol–water partition coefficient (Wildman–Crippen LogP) is 3.08. The van der Waals surface area contributed by atoms with Crippen molar-refractivity contribution in [2.24, 2.45) is 5.92 Å². The molecule has 0 amide bonds. The van der Waals surface area contributed by atoms with E-state index in [2.05, 4.69) is 17.2 Å². The second-order valence-corrected chi connectivity index (χ2v) is 4.63. The largest absolute Gasteiger partial charge is 0.490 e. The van der Waals surface area contributed by atoms with Crippen LogP contribution < -0.4 is 10.1 Å². The fourth-order valence-corrected chi connectivity index (χ4v) is 2.16. The van der Waals surface area contributed by atoms with Crippen molar-refractivity contribution in [3.05, 3.63) is 18.3 Å². The molecule has 0 unspecified atom stereocenters. The molecule has 1 aromatic rings. The van der Waals surface area contributed by atoms with Gasteiger partial charge in [-0.25, -0.2) is 4.98 Å². The highest BCUT2D eigenvalue weighted by molar-refractivity contribution is 5.39. The molecule has 1 heterocycles. The molecule has 0 bridgehead atoms. The average Bonchev–Trinajstić information content (AvgIpc) is 2.32. The topological polar surface area (TPSA) is 34.1 Å². The third-order valence-electron chi connectivity index (χ3n) is 3.25. The summed E-state index contributed by atoms with van der Waals surface area (Å²) in [5.74, 6) is 2.66. The molecule has 3 nitrogen and oxygen atoms in total. The zero-order valence-electron chi connectivity index (χ0n) is 10.1. The first-order valence-electron chi connectivity index (χ1n) is 6.08. The van der Waals surface area contributed by atoms with Crippen LogP contribution in [0.15, 0.2) is 18.3 Å². The zero-order valence-corrected chi connectivity index (χ0v) is 10.1. The number of nitrogens with zero attached hydrogens (tertiary/aromatic N) is 1. The molecule has 0 saturated heterocycles. The van der Waals surface area contributed by atoms with Crippen molar-refractivity contribution in [1.29, 1.82) is 0 Å². The van der Waals surface area contributed by atoms with Crippen molar-refractivity contribution in [1.82, 2.24) is 4.98 Å². The number of nitrogens with one attached hydrogen (secondary N) is 1. The molecule has 0 atom stereocenters. The second-order valence-electron chi connectivity index (χ2n) is 4.63. The van der Waals surface area contributed by atoms with Crippen LogP contribution in [0.1, 0.15) is 32.6 Å². The van der Waals surface area contributed by atoms with Crippen molar-refractivity contribution in [2.75, 3.05) is 12.4 Å². The summed E-state index contributed by atoms with van der Waals surface area (Å²) in [6, 6.07) is 3.89. The highest BCUT2D eigenvalue weighted by Crippen LogP contribution is 2.27. The van der Waals surface area contributed by atoms with Crippen molar-refractivity contribution in [3.63, 3.8) is 0 Å². The quantitative estimate of drug-likeness (QED) is 0.850. The summed E-state index contributed by atoms with van der Waals surface area (Å²) in [5, 5.41) is 3.02. The van der Waals surface area contributed by atoms with Crippen LogP contribution in [0.4, 0.5) is 5.82 Å². The third-order valence-corrected chi connectivity index (χ3v) is 3.25. The summed E-state index contributed by atoms with van der Waals surface area (Å²) in [4.78, 5) is 4.17. The third kappa shape index (κ3) is 2.87. The molecule has 1 aliphatic carbocycles. The maximum Gasteiger partial charge on any atom is 0.129 e. The van der Waals surface area contributed by atoms with E-state index in [0.29, 0.717) is 6.10 Å². The van der Waals surface area contributed by atoms with E-state index in [-0.39, 0.29) is 0 Å². The summed E-state index contributed by atoms with van der Waals surface area (Å²) in [6.45, 7) is 2.32. The number of hydrogen-bond donors (Lipinski definition) is 1. The Kier molecular flexibility index (Phi) is 3.65. The minimum atomic E-state index is 0.392. The second kappa shape index (κ2) is 5.19. The summed E-state index contributed by atoms with van der Waals surface area (Å²) < 4.78 is 5.97. The molecule has 1 fully saturated rings. The number of ether oxygens (including phenoxy) is 1. The molecule has 1 aromatic heterocycles. The lowest BCUT2D eigenvalue weighted by molar-refractivity contribution is 0.135. The van der Waals surface area contributed by atoms with Gasteiger partial charge in [-0.1, -0.05) is 6.92 Å². The van der Waals surface area contributed by atoms with Crippen LogP contribution in [-0.4, -0.2) is 18.1 Å². The molecular weight excluding hydrogens is 200 g/mol. The smallest absolute Gasteiger partial charge is 0.129 e. The summed E-state index contributed by atoms with van der Waals surface area (Å²) in [6.07, 6.45) is 7.11. The van der Waals surface area contributed by atoms with Gasteiger partial charge in [0.25, 0.3) is 0 Å².